The third kappa shape index (κ3) is 3.04. The number of hydrogen-bond acceptors (Lipinski definition) is 2. The van der Waals surface area contributed by atoms with Gasteiger partial charge in [0.1, 0.15) is 5.82 Å². The normalized spacial score (nSPS) is 18.4. The van der Waals surface area contributed by atoms with E-state index in [1.54, 1.807) is 12.1 Å². The number of halogens is 1. The van der Waals surface area contributed by atoms with Gasteiger partial charge in [0.2, 0.25) is 0 Å². The predicted octanol–water partition coefficient (Wildman–Crippen LogP) is 3.17. The van der Waals surface area contributed by atoms with Gasteiger partial charge < -0.3 is 5.32 Å². The molecule has 1 unspecified atom stereocenters. The second-order valence-corrected chi connectivity index (χ2v) is 4.99. The third-order valence-electron chi connectivity index (χ3n) is 3.56. The Morgan fingerprint density at radius 2 is 2.06 bits per heavy atom. The molecule has 0 aliphatic heterocycles. The molecule has 0 aromatic heterocycles. The molecule has 0 amide bonds. The van der Waals surface area contributed by atoms with Gasteiger partial charge in [0.25, 0.3) is 0 Å². The van der Waals surface area contributed by atoms with Gasteiger partial charge in [-0.2, -0.15) is 5.26 Å². The van der Waals surface area contributed by atoms with Gasteiger partial charge in [0.05, 0.1) is 6.07 Å². The van der Waals surface area contributed by atoms with Gasteiger partial charge in [-0.3, -0.25) is 0 Å². The van der Waals surface area contributed by atoms with Crippen LogP contribution in [-0.4, -0.2) is 6.54 Å². The van der Waals surface area contributed by atoms with E-state index in [1.165, 1.54) is 12.1 Å². The molecule has 1 N–H and O–H groups in total. The molecule has 0 radical (unpaired) electrons. The number of nitrogens with one attached hydrogen (secondary N) is 1. The van der Waals surface area contributed by atoms with Crippen molar-refractivity contribution in [1.82, 2.24) is 5.32 Å². The molecule has 1 aliphatic carbocycles. The Morgan fingerprint density at radius 3 is 2.59 bits per heavy atom. The average molecular weight is 232 g/mol. The fourth-order valence-electron chi connectivity index (χ4n) is 2.00. The van der Waals surface area contributed by atoms with E-state index in [9.17, 15) is 4.39 Å². The summed E-state index contributed by atoms with van der Waals surface area (Å²) in [6.45, 7) is 2.94. The van der Waals surface area contributed by atoms with Crippen LogP contribution in [0.3, 0.4) is 0 Å². The molecule has 17 heavy (non-hydrogen) atoms. The molecule has 1 fully saturated rings. The topological polar surface area (TPSA) is 35.8 Å². The van der Waals surface area contributed by atoms with Crippen molar-refractivity contribution >= 4 is 0 Å². The Bertz CT molecular complexity index is 415. The van der Waals surface area contributed by atoms with E-state index in [-0.39, 0.29) is 17.3 Å². The van der Waals surface area contributed by atoms with Crippen molar-refractivity contribution in [3.8, 4) is 6.07 Å². The van der Waals surface area contributed by atoms with E-state index in [2.05, 4.69) is 18.3 Å². The maximum absolute atomic E-state index is 12.8. The maximum atomic E-state index is 12.8. The van der Waals surface area contributed by atoms with Crippen LogP contribution >= 0.6 is 0 Å². The maximum Gasteiger partial charge on any atom is 0.123 e. The highest BCUT2D eigenvalue weighted by molar-refractivity contribution is 5.19. The summed E-state index contributed by atoms with van der Waals surface area (Å²) in [4.78, 5) is 0. The summed E-state index contributed by atoms with van der Waals surface area (Å²) in [7, 11) is 0. The van der Waals surface area contributed by atoms with Gasteiger partial charge in [-0.25, -0.2) is 4.39 Å². The SMILES string of the molecule is CC(NCC1(CC#N)CC1)c1ccc(F)cc1. The summed E-state index contributed by atoms with van der Waals surface area (Å²) >= 11 is 0. The van der Waals surface area contributed by atoms with E-state index < -0.39 is 0 Å². The highest BCUT2D eigenvalue weighted by Gasteiger charge is 2.42. The summed E-state index contributed by atoms with van der Waals surface area (Å²) in [5.74, 6) is -0.205. The lowest BCUT2D eigenvalue weighted by atomic mass is 10.0. The van der Waals surface area contributed by atoms with Crippen LogP contribution in [0.1, 0.15) is 37.8 Å². The molecule has 2 nitrogen and oxygen atoms in total. The zero-order chi connectivity index (χ0) is 12.3. The molecular weight excluding hydrogens is 215 g/mol. The van der Waals surface area contributed by atoms with Crippen molar-refractivity contribution < 1.29 is 4.39 Å². The number of rotatable bonds is 5. The first-order valence-electron chi connectivity index (χ1n) is 6.01. The molecule has 1 saturated carbocycles. The molecule has 0 spiro atoms. The summed E-state index contributed by atoms with van der Waals surface area (Å²) in [5, 5.41) is 12.2. The fourth-order valence-corrected chi connectivity index (χ4v) is 2.00. The van der Waals surface area contributed by atoms with Crippen molar-refractivity contribution in [3.63, 3.8) is 0 Å². The van der Waals surface area contributed by atoms with Crippen LogP contribution in [0.5, 0.6) is 0 Å². The van der Waals surface area contributed by atoms with E-state index in [0.717, 1.165) is 24.9 Å². The molecule has 1 aromatic carbocycles. The van der Waals surface area contributed by atoms with Gasteiger partial charge in [0.15, 0.2) is 0 Å². The Labute approximate surface area is 101 Å². The molecule has 1 atom stereocenters. The number of hydrogen-bond donors (Lipinski definition) is 1. The Kier molecular flexibility index (Phi) is 3.44. The van der Waals surface area contributed by atoms with Crippen LogP contribution in [-0.2, 0) is 0 Å². The standard InChI is InChI=1S/C14H17FN2/c1-11(12-2-4-13(15)5-3-12)17-10-14(6-7-14)8-9-16/h2-5,11,17H,6-8,10H2,1H3. The predicted molar refractivity (Wildman–Crippen MR) is 64.7 cm³/mol. The summed E-state index contributed by atoms with van der Waals surface area (Å²) in [6.07, 6.45) is 2.92. The minimum absolute atomic E-state index is 0.201. The Morgan fingerprint density at radius 1 is 1.41 bits per heavy atom. The van der Waals surface area contributed by atoms with Crippen molar-refractivity contribution in [2.75, 3.05) is 6.54 Å². The molecule has 90 valence electrons. The molecule has 0 saturated heterocycles. The van der Waals surface area contributed by atoms with Gasteiger partial charge >= 0.3 is 0 Å². The van der Waals surface area contributed by atoms with Gasteiger partial charge in [-0.1, -0.05) is 12.1 Å². The van der Waals surface area contributed by atoms with E-state index >= 15 is 0 Å². The molecule has 1 aliphatic rings. The molecule has 1 aromatic rings. The smallest absolute Gasteiger partial charge is 0.123 e. The second kappa shape index (κ2) is 4.85. The summed E-state index contributed by atoms with van der Waals surface area (Å²) in [6, 6.07) is 9.02. The van der Waals surface area contributed by atoms with Gasteiger partial charge in [-0.15, -0.1) is 0 Å². The lowest BCUT2D eigenvalue weighted by Gasteiger charge is -2.18. The van der Waals surface area contributed by atoms with E-state index in [1.807, 2.05) is 0 Å². The first-order chi connectivity index (χ1) is 8.15. The highest BCUT2D eigenvalue weighted by Crippen LogP contribution is 2.48. The number of nitriles is 1. The van der Waals surface area contributed by atoms with E-state index in [0.29, 0.717) is 6.42 Å². The number of benzene rings is 1. The van der Waals surface area contributed by atoms with Crippen molar-refractivity contribution in [1.29, 1.82) is 5.26 Å². The molecule has 0 bridgehead atoms. The first kappa shape index (κ1) is 12.1. The monoisotopic (exact) mass is 232 g/mol. The van der Waals surface area contributed by atoms with E-state index in [4.69, 9.17) is 5.26 Å². The first-order valence-corrected chi connectivity index (χ1v) is 6.01. The zero-order valence-electron chi connectivity index (χ0n) is 10.0. The molecule has 2 rings (SSSR count). The Hall–Kier alpha value is -1.40. The van der Waals surface area contributed by atoms with Crippen LogP contribution in [0, 0.1) is 22.6 Å². The molecular formula is C14H17FN2. The Balaban J connectivity index is 1.87. The lowest BCUT2D eigenvalue weighted by molar-refractivity contribution is 0.432. The quantitative estimate of drug-likeness (QED) is 0.846. The summed E-state index contributed by atoms with van der Waals surface area (Å²) < 4.78 is 12.8. The number of nitrogens with zero attached hydrogens (tertiary/aromatic N) is 1. The van der Waals surface area contributed by atoms with Crippen molar-refractivity contribution in [3.05, 3.63) is 35.6 Å². The van der Waals surface area contributed by atoms with Gasteiger partial charge in [0, 0.05) is 19.0 Å². The van der Waals surface area contributed by atoms with Crippen LogP contribution < -0.4 is 5.32 Å². The van der Waals surface area contributed by atoms with Gasteiger partial charge in [-0.05, 0) is 42.9 Å². The molecule has 0 heterocycles. The van der Waals surface area contributed by atoms with Crippen molar-refractivity contribution in [2.24, 2.45) is 5.41 Å². The second-order valence-electron chi connectivity index (χ2n) is 4.99. The van der Waals surface area contributed by atoms with Crippen LogP contribution in [0.15, 0.2) is 24.3 Å². The average Bonchev–Trinajstić information content (AvgIpc) is 3.08. The van der Waals surface area contributed by atoms with Crippen molar-refractivity contribution in [2.45, 2.75) is 32.2 Å². The largest absolute Gasteiger partial charge is 0.310 e. The van der Waals surface area contributed by atoms with Crippen LogP contribution in [0.2, 0.25) is 0 Å². The van der Waals surface area contributed by atoms with Crippen LogP contribution in [0.4, 0.5) is 4.39 Å². The molecule has 3 heteroatoms. The highest BCUT2D eigenvalue weighted by atomic mass is 19.1. The minimum atomic E-state index is -0.205. The van der Waals surface area contributed by atoms with Crippen LogP contribution in [0.25, 0.3) is 0 Å². The third-order valence-corrected chi connectivity index (χ3v) is 3.56. The lowest BCUT2D eigenvalue weighted by Crippen LogP contribution is -2.26. The minimum Gasteiger partial charge on any atom is -0.310 e. The fraction of sp³-hybridized carbons (Fsp3) is 0.500. The zero-order valence-corrected chi connectivity index (χ0v) is 10.0. The summed E-state index contributed by atoms with van der Waals surface area (Å²) in [5.41, 5.74) is 1.29.